The lowest BCUT2D eigenvalue weighted by Gasteiger charge is -2.37. The third-order valence-electron chi connectivity index (χ3n) is 4.43. The molecule has 1 aliphatic heterocycles. The first kappa shape index (κ1) is 21.3. The Hall–Kier alpha value is -2.00. The van der Waals surface area contributed by atoms with Gasteiger partial charge < -0.3 is 20.2 Å². The van der Waals surface area contributed by atoms with E-state index in [2.05, 4.69) is 24.8 Å². The number of nitrogens with one attached hydrogen (secondary N) is 2. The van der Waals surface area contributed by atoms with Gasteiger partial charge >= 0.3 is 0 Å². The number of phenolic OH excluding ortho intramolecular Hbond substituents is 1. The number of nitrogens with zero attached hydrogens (tertiary/aromatic N) is 3. The summed E-state index contributed by atoms with van der Waals surface area (Å²) in [5, 5.41) is 13.3. The summed E-state index contributed by atoms with van der Waals surface area (Å²) < 4.78 is 25.4. The van der Waals surface area contributed by atoms with E-state index in [9.17, 15) is 13.5 Å². The summed E-state index contributed by atoms with van der Waals surface area (Å²) in [5.74, 6) is 1.26. The number of para-hydroxylation sites is 2. The van der Waals surface area contributed by atoms with Crippen molar-refractivity contribution in [1.29, 1.82) is 0 Å². The highest BCUT2D eigenvalue weighted by Gasteiger charge is 2.21. The highest BCUT2D eigenvalue weighted by molar-refractivity contribution is 7.89. The molecule has 0 atom stereocenters. The number of hydrogen-bond donors (Lipinski definition) is 3. The molecule has 8 nitrogen and oxygen atoms in total. The van der Waals surface area contributed by atoms with Crippen LogP contribution in [-0.4, -0.2) is 75.9 Å². The molecule has 1 aromatic rings. The van der Waals surface area contributed by atoms with Crippen molar-refractivity contribution in [2.45, 2.75) is 20.3 Å². The van der Waals surface area contributed by atoms with Crippen molar-refractivity contribution < 1.29 is 13.5 Å². The molecule has 0 amide bonds. The van der Waals surface area contributed by atoms with E-state index in [-0.39, 0.29) is 5.75 Å². The SMILES string of the molecule is CCNC(=NCCCNS(=O)(=O)CC)N1CCN(c2ccccc2O)CC1. The van der Waals surface area contributed by atoms with E-state index >= 15 is 0 Å². The van der Waals surface area contributed by atoms with Gasteiger partial charge in [-0.1, -0.05) is 12.1 Å². The van der Waals surface area contributed by atoms with Crippen molar-refractivity contribution in [3.8, 4) is 5.75 Å². The Labute approximate surface area is 162 Å². The molecule has 1 saturated heterocycles. The van der Waals surface area contributed by atoms with E-state index in [1.165, 1.54) is 0 Å². The van der Waals surface area contributed by atoms with Crippen LogP contribution in [0.5, 0.6) is 5.75 Å². The topological polar surface area (TPSA) is 97.3 Å². The Balaban J connectivity index is 1.85. The largest absolute Gasteiger partial charge is 0.506 e. The Morgan fingerprint density at radius 1 is 1.19 bits per heavy atom. The maximum atomic E-state index is 11.4. The van der Waals surface area contributed by atoms with Crippen LogP contribution in [0.15, 0.2) is 29.3 Å². The fourth-order valence-corrected chi connectivity index (χ4v) is 3.57. The fourth-order valence-electron chi connectivity index (χ4n) is 2.91. The Morgan fingerprint density at radius 3 is 2.52 bits per heavy atom. The second-order valence-corrected chi connectivity index (χ2v) is 8.45. The number of anilines is 1. The number of benzene rings is 1. The Kier molecular flexibility index (Phi) is 8.18. The summed E-state index contributed by atoms with van der Waals surface area (Å²) in [6.45, 7) is 8.62. The molecule has 2 rings (SSSR count). The second-order valence-electron chi connectivity index (χ2n) is 6.35. The first-order valence-corrected chi connectivity index (χ1v) is 11.2. The lowest BCUT2D eigenvalue weighted by molar-refractivity contribution is 0.370. The molecular formula is C18H31N5O3S. The summed E-state index contributed by atoms with van der Waals surface area (Å²) >= 11 is 0. The monoisotopic (exact) mass is 397 g/mol. The molecule has 0 radical (unpaired) electrons. The van der Waals surface area contributed by atoms with Gasteiger partial charge in [0.1, 0.15) is 5.75 Å². The van der Waals surface area contributed by atoms with Crippen molar-refractivity contribution in [1.82, 2.24) is 14.9 Å². The summed E-state index contributed by atoms with van der Waals surface area (Å²) in [4.78, 5) is 9.01. The van der Waals surface area contributed by atoms with Crippen LogP contribution >= 0.6 is 0 Å². The quantitative estimate of drug-likeness (QED) is 0.341. The number of sulfonamides is 1. The van der Waals surface area contributed by atoms with Gasteiger partial charge in [-0.15, -0.1) is 0 Å². The van der Waals surface area contributed by atoms with Crippen LogP contribution in [0.2, 0.25) is 0 Å². The number of rotatable bonds is 8. The molecular weight excluding hydrogens is 366 g/mol. The molecule has 0 aliphatic carbocycles. The van der Waals surface area contributed by atoms with Crippen molar-refractivity contribution in [2.24, 2.45) is 4.99 Å². The molecule has 0 aromatic heterocycles. The zero-order chi connectivity index (χ0) is 19.7. The number of aromatic hydroxyl groups is 1. The molecule has 1 heterocycles. The van der Waals surface area contributed by atoms with Crippen molar-refractivity contribution in [2.75, 3.05) is 56.5 Å². The van der Waals surface area contributed by atoms with Crippen LogP contribution in [-0.2, 0) is 10.0 Å². The molecule has 0 saturated carbocycles. The average Bonchev–Trinajstić information content (AvgIpc) is 2.67. The van der Waals surface area contributed by atoms with E-state index < -0.39 is 10.0 Å². The first-order valence-electron chi connectivity index (χ1n) is 9.50. The molecule has 3 N–H and O–H groups in total. The maximum absolute atomic E-state index is 11.4. The predicted molar refractivity (Wildman–Crippen MR) is 110 cm³/mol. The number of phenols is 1. The van der Waals surface area contributed by atoms with E-state index in [0.717, 1.165) is 44.4 Å². The molecule has 1 aliphatic rings. The van der Waals surface area contributed by atoms with Gasteiger partial charge in [0.2, 0.25) is 10.0 Å². The summed E-state index contributed by atoms with van der Waals surface area (Å²) in [6, 6.07) is 7.40. The molecule has 0 bridgehead atoms. The van der Waals surface area contributed by atoms with Crippen molar-refractivity contribution in [3.05, 3.63) is 24.3 Å². The third-order valence-corrected chi connectivity index (χ3v) is 5.84. The molecule has 1 fully saturated rings. The van der Waals surface area contributed by atoms with Gasteiger partial charge in [-0.25, -0.2) is 13.1 Å². The lowest BCUT2D eigenvalue weighted by Crippen LogP contribution is -2.52. The number of aliphatic imine (C=N–C) groups is 1. The normalized spacial score (nSPS) is 15.9. The van der Waals surface area contributed by atoms with Crippen molar-refractivity contribution >= 4 is 21.7 Å². The van der Waals surface area contributed by atoms with E-state index in [1.54, 1.807) is 13.0 Å². The molecule has 152 valence electrons. The smallest absolute Gasteiger partial charge is 0.211 e. The zero-order valence-electron chi connectivity index (χ0n) is 16.2. The highest BCUT2D eigenvalue weighted by atomic mass is 32.2. The van der Waals surface area contributed by atoms with Crippen LogP contribution in [0.1, 0.15) is 20.3 Å². The van der Waals surface area contributed by atoms with Gasteiger partial charge in [-0.05, 0) is 32.4 Å². The van der Waals surface area contributed by atoms with Crippen LogP contribution in [0, 0.1) is 0 Å². The predicted octanol–water partition coefficient (Wildman–Crippen LogP) is 0.809. The van der Waals surface area contributed by atoms with Gasteiger partial charge in [0.05, 0.1) is 11.4 Å². The third kappa shape index (κ3) is 6.59. The lowest BCUT2D eigenvalue weighted by atomic mass is 10.2. The molecule has 0 unspecified atom stereocenters. The van der Waals surface area contributed by atoms with Crippen LogP contribution in [0.3, 0.4) is 0 Å². The average molecular weight is 398 g/mol. The van der Waals surface area contributed by atoms with Gasteiger partial charge in [-0.3, -0.25) is 4.99 Å². The molecule has 27 heavy (non-hydrogen) atoms. The minimum Gasteiger partial charge on any atom is -0.506 e. The molecule has 0 spiro atoms. The summed E-state index contributed by atoms with van der Waals surface area (Å²) in [5.41, 5.74) is 0.863. The Bertz CT molecular complexity index is 715. The first-order chi connectivity index (χ1) is 13.0. The van der Waals surface area contributed by atoms with E-state index in [1.807, 2.05) is 25.1 Å². The molecule has 1 aromatic carbocycles. The van der Waals surface area contributed by atoms with Crippen LogP contribution in [0.25, 0.3) is 0 Å². The number of guanidine groups is 1. The summed E-state index contributed by atoms with van der Waals surface area (Å²) in [6.07, 6.45) is 0.659. The van der Waals surface area contributed by atoms with Crippen LogP contribution < -0.4 is 14.9 Å². The minimum atomic E-state index is -3.14. The van der Waals surface area contributed by atoms with Gasteiger partial charge in [0.15, 0.2) is 5.96 Å². The standard InChI is InChI=1S/C18H31N5O3S/c1-3-19-18(20-10-7-11-21-27(25,26)4-2)23-14-12-22(13-15-23)16-8-5-6-9-17(16)24/h5-6,8-9,21,24H,3-4,7,10-15H2,1-2H3,(H,19,20). The minimum absolute atomic E-state index is 0.0974. The van der Waals surface area contributed by atoms with E-state index in [4.69, 9.17) is 0 Å². The highest BCUT2D eigenvalue weighted by Crippen LogP contribution is 2.27. The maximum Gasteiger partial charge on any atom is 0.211 e. The van der Waals surface area contributed by atoms with Crippen molar-refractivity contribution in [3.63, 3.8) is 0 Å². The Morgan fingerprint density at radius 2 is 1.89 bits per heavy atom. The van der Waals surface area contributed by atoms with E-state index in [0.29, 0.717) is 25.3 Å². The zero-order valence-corrected chi connectivity index (χ0v) is 17.0. The van der Waals surface area contributed by atoms with Gasteiger partial charge in [-0.2, -0.15) is 0 Å². The fraction of sp³-hybridized carbons (Fsp3) is 0.611. The number of hydrogen-bond acceptors (Lipinski definition) is 5. The van der Waals surface area contributed by atoms with Crippen LogP contribution in [0.4, 0.5) is 5.69 Å². The number of piperazine rings is 1. The van der Waals surface area contributed by atoms with Gasteiger partial charge in [0, 0.05) is 45.8 Å². The molecule has 9 heteroatoms. The second kappa shape index (κ2) is 10.4. The summed E-state index contributed by atoms with van der Waals surface area (Å²) in [7, 11) is -3.14. The van der Waals surface area contributed by atoms with Gasteiger partial charge in [0.25, 0.3) is 0 Å².